The van der Waals surface area contributed by atoms with E-state index in [1.807, 2.05) is 26.0 Å². The maximum Gasteiger partial charge on any atom is 0.273 e. The molecule has 1 amide bonds. The lowest BCUT2D eigenvalue weighted by Crippen LogP contribution is -2.45. The molecule has 1 saturated heterocycles. The lowest BCUT2D eigenvalue weighted by Gasteiger charge is -2.36. The number of carbonyl (C=O) groups excluding carboxylic acids is 1. The summed E-state index contributed by atoms with van der Waals surface area (Å²) in [5.41, 5.74) is 1.11. The van der Waals surface area contributed by atoms with Gasteiger partial charge in [-0.2, -0.15) is 0 Å². The van der Waals surface area contributed by atoms with Crippen molar-refractivity contribution in [1.82, 2.24) is 15.5 Å². The molecule has 0 aliphatic carbocycles. The van der Waals surface area contributed by atoms with Crippen LogP contribution < -0.4 is 15.0 Å². The Morgan fingerprint density at radius 1 is 1.22 bits per heavy atom. The van der Waals surface area contributed by atoms with Crippen molar-refractivity contribution in [1.29, 1.82) is 0 Å². The van der Waals surface area contributed by atoms with E-state index < -0.39 is 11.7 Å². The minimum atomic E-state index is -0.525. The van der Waals surface area contributed by atoms with Crippen LogP contribution in [0.3, 0.4) is 0 Å². The average molecular weight is 440 g/mol. The van der Waals surface area contributed by atoms with Crippen molar-refractivity contribution in [3.63, 3.8) is 0 Å². The van der Waals surface area contributed by atoms with E-state index in [1.54, 1.807) is 12.3 Å². The third-order valence-corrected chi connectivity index (χ3v) is 5.19. The minimum Gasteiger partial charge on any atom is -0.497 e. The van der Waals surface area contributed by atoms with Crippen molar-refractivity contribution in [2.75, 3.05) is 25.1 Å². The first kappa shape index (κ1) is 21.8. The zero-order valence-electron chi connectivity index (χ0n) is 18.2. The second-order valence-electron chi connectivity index (χ2n) is 7.79. The van der Waals surface area contributed by atoms with E-state index in [2.05, 4.69) is 20.4 Å². The number of pyridine rings is 1. The van der Waals surface area contributed by atoms with Gasteiger partial charge in [-0.05, 0) is 37.6 Å². The molecule has 1 aliphatic heterocycles. The molecular formula is C23H25FN4O4. The maximum atomic E-state index is 14.2. The highest BCUT2D eigenvalue weighted by Crippen LogP contribution is 2.27. The summed E-state index contributed by atoms with van der Waals surface area (Å²) in [5, 5.41) is 6.54. The standard InChI is InChI=1S/C23H25FN4O4/c1-14-12-28(13-15(2)31-14)22-7-4-16(10-25-22)11-26-23(29)20-9-21(32-27-20)18-6-5-17(30-3)8-19(18)24/h4-10,14-15H,11-13H2,1-3H3,(H,26,29)/t14-,15-/m0/s1. The van der Waals surface area contributed by atoms with Crippen molar-refractivity contribution >= 4 is 11.7 Å². The highest BCUT2D eigenvalue weighted by atomic mass is 19.1. The van der Waals surface area contributed by atoms with Gasteiger partial charge in [0.15, 0.2) is 11.5 Å². The number of benzene rings is 1. The predicted molar refractivity (Wildman–Crippen MR) is 116 cm³/mol. The fourth-order valence-corrected chi connectivity index (χ4v) is 3.68. The number of ether oxygens (including phenoxy) is 2. The quantitative estimate of drug-likeness (QED) is 0.628. The number of amides is 1. The first-order chi connectivity index (χ1) is 15.4. The molecule has 4 rings (SSSR count). The van der Waals surface area contributed by atoms with E-state index in [4.69, 9.17) is 14.0 Å². The lowest BCUT2D eigenvalue weighted by molar-refractivity contribution is -0.00546. The fourth-order valence-electron chi connectivity index (χ4n) is 3.68. The molecule has 1 aromatic carbocycles. The molecule has 1 fully saturated rings. The number of morpholine rings is 1. The van der Waals surface area contributed by atoms with E-state index in [0.29, 0.717) is 5.75 Å². The summed E-state index contributed by atoms with van der Waals surface area (Å²) in [6, 6.07) is 9.63. The smallest absolute Gasteiger partial charge is 0.273 e. The van der Waals surface area contributed by atoms with E-state index in [1.165, 1.54) is 25.3 Å². The Labute approximate surface area is 185 Å². The highest BCUT2D eigenvalue weighted by Gasteiger charge is 2.23. The predicted octanol–water partition coefficient (Wildman–Crippen LogP) is 3.43. The van der Waals surface area contributed by atoms with Crippen LogP contribution in [0.4, 0.5) is 10.2 Å². The van der Waals surface area contributed by atoms with Gasteiger partial charge in [-0.3, -0.25) is 4.79 Å². The third-order valence-electron chi connectivity index (χ3n) is 5.19. The molecular weight excluding hydrogens is 415 g/mol. The molecule has 8 nitrogen and oxygen atoms in total. The molecule has 32 heavy (non-hydrogen) atoms. The molecule has 168 valence electrons. The summed E-state index contributed by atoms with van der Waals surface area (Å²) in [4.78, 5) is 19.2. The molecule has 2 atom stereocenters. The monoisotopic (exact) mass is 440 g/mol. The number of methoxy groups -OCH3 is 1. The zero-order chi connectivity index (χ0) is 22.7. The van der Waals surface area contributed by atoms with Gasteiger partial charge in [0.1, 0.15) is 17.4 Å². The first-order valence-electron chi connectivity index (χ1n) is 10.4. The average Bonchev–Trinajstić information content (AvgIpc) is 3.27. The molecule has 0 bridgehead atoms. The van der Waals surface area contributed by atoms with Crippen LogP contribution in [0.15, 0.2) is 47.1 Å². The van der Waals surface area contributed by atoms with Crippen molar-refractivity contribution in [2.45, 2.75) is 32.6 Å². The van der Waals surface area contributed by atoms with Crippen LogP contribution in [0.2, 0.25) is 0 Å². The SMILES string of the molecule is COc1ccc(-c2cc(C(=O)NCc3ccc(N4C[C@H](C)O[C@@H](C)C4)nc3)no2)c(F)c1. The van der Waals surface area contributed by atoms with Gasteiger partial charge in [0.25, 0.3) is 5.91 Å². The number of hydrogen-bond donors (Lipinski definition) is 1. The van der Waals surface area contributed by atoms with Gasteiger partial charge in [0.05, 0.1) is 24.9 Å². The molecule has 2 aromatic heterocycles. The molecule has 1 aliphatic rings. The molecule has 0 radical (unpaired) electrons. The Balaban J connectivity index is 1.36. The maximum absolute atomic E-state index is 14.2. The van der Waals surface area contributed by atoms with Crippen molar-refractivity contribution in [2.24, 2.45) is 0 Å². The van der Waals surface area contributed by atoms with Gasteiger partial charge in [-0.15, -0.1) is 0 Å². The van der Waals surface area contributed by atoms with Crippen molar-refractivity contribution in [3.8, 4) is 17.1 Å². The summed E-state index contributed by atoms with van der Waals surface area (Å²) in [7, 11) is 1.46. The van der Waals surface area contributed by atoms with E-state index >= 15 is 0 Å². The number of nitrogens with one attached hydrogen (secondary N) is 1. The first-order valence-corrected chi connectivity index (χ1v) is 10.4. The summed E-state index contributed by atoms with van der Waals surface area (Å²) < 4.78 is 30.1. The number of carbonyl (C=O) groups is 1. The van der Waals surface area contributed by atoms with Crippen LogP contribution in [0, 0.1) is 5.82 Å². The van der Waals surface area contributed by atoms with Gasteiger partial charge in [0.2, 0.25) is 0 Å². The minimum absolute atomic E-state index is 0.0658. The van der Waals surface area contributed by atoms with Gasteiger partial charge in [-0.25, -0.2) is 9.37 Å². The zero-order valence-corrected chi connectivity index (χ0v) is 18.2. The second kappa shape index (κ2) is 9.35. The van der Waals surface area contributed by atoms with Crippen molar-refractivity contribution < 1.29 is 23.2 Å². The normalized spacial score (nSPS) is 18.4. The van der Waals surface area contributed by atoms with Crippen LogP contribution in [0.1, 0.15) is 29.9 Å². The highest BCUT2D eigenvalue weighted by molar-refractivity contribution is 5.93. The molecule has 0 saturated carbocycles. The van der Waals surface area contributed by atoms with Gasteiger partial charge < -0.3 is 24.2 Å². The Morgan fingerprint density at radius 3 is 2.66 bits per heavy atom. The second-order valence-corrected chi connectivity index (χ2v) is 7.79. The Bertz CT molecular complexity index is 1080. The van der Waals surface area contributed by atoms with Gasteiger partial charge >= 0.3 is 0 Å². The van der Waals surface area contributed by atoms with Gasteiger partial charge in [-0.1, -0.05) is 11.2 Å². The molecule has 3 aromatic rings. The Hall–Kier alpha value is -3.46. The molecule has 0 unspecified atom stereocenters. The molecule has 9 heteroatoms. The lowest BCUT2D eigenvalue weighted by atomic mass is 10.1. The fraction of sp³-hybridized carbons (Fsp3) is 0.348. The van der Waals surface area contributed by atoms with E-state index in [-0.39, 0.29) is 35.8 Å². The van der Waals surface area contributed by atoms with E-state index in [9.17, 15) is 9.18 Å². The van der Waals surface area contributed by atoms with Crippen molar-refractivity contribution in [3.05, 3.63) is 59.7 Å². The number of halogens is 1. The van der Waals surface area contributed by atoms with Crippen LogP contribution in [-0.2, 0) is 11.3 Å². The topological polar surface area (TPSA) is 89.7 Å². The largest absolute Gasteiger partial charge is 0.497 e. The number of hydrogen-bond acceptors (Lipinski definition) is 7. The Morgan fingerprint density at radius 2 is 2.00 bits per heavy atom. The van der Waals surface area contributed by atoms with Crippen LogP contribution >= 0.6 is 0 Å². The molecule has 1 N–H and O–H groups in total. The number of rotatable bonds is 6. The number of nitrogens with zero attached hydrogens (tertiary/aromatic N) is 3. The van der Waals surface area contributed by atoms with E-state index in [0.717, 1.165) is 24.5 Å². The third kappa shape index (κ3) is 4.88. The number of aromatic nitrogens is 2. The van der Waals surface area contributed by atoms with Crippen LogP contribution in [0.25, 0.3) is 11.3 Å². The molecule has 3 heterocycles. The summed E-state index contributed by atoms with van der Waals surface area (Å²) in [6.07, 6.45) is 2.04. The summed E-state index contributed by atoms with van der Waals surface area (Å²) in [5.74, 6) is 0.484. The van der Waals surface area contributed by atoms with Crippen LogP contribution in [-0.4, -0.2) is 48.5 Å². The Kier molecular flexibility index (Phi) is 6.36. The van der Waals surface area contributed by atoms with Crippen LogP contribution in [0.5, 0.6) is 5.75 Å². The van der Waals surface area contributed by atoms with Gasteiger partial charge in [0, 0.05) is 38.0 Å². The summed E-state index contributed by atoms with van der Waals surface area (Å²) in [6.45, 7) is 5.95. The summed E-state index contributed by atoms with van der Waals surface area (Å²) >= 11 is 0. The molecule has 0 spiro atoms. The number of anilines is 1.